The highest BCUT2D eigenvalue weighted by molar-refractivity contribution is 5.89. The Morgan fingerprint density at radius 1 is 1.04 bits per heavy atom. The number of esters is 1. The highest BCUT2D eigenvalue weighted by Gasteiger charge is 2.32. The highest BCUT2D eigenvalue weighted by atomic mass is 16.5. The summed E-state index contributed by atoms with van der Waals surface area (Å²) in [4.78, 5) is 22.9. The van der Waals surface area contributed by atoms with E-state index in [0.29, 0.717) is 18.8 Å². The summed E-state index contributed by atoms with van der Waals surface area (Å²) in [6.07, 6.45) is 14.8. The standard InChI is InChI=1S/C21H36O4/c1-3-4-7-10-18(22)15-13-17-14-16-20(23)19(17)11-8-5-6-9-12-21(24)25-2/h13,15,17,19-20,23H,3-12,14,16H2,1-2H3/t17-,19+,20?/m0/s1. The number of unbranched alkanes of at least 4 members (excludes halogenated alkanes) is 5. The minimum absolute atomic E-state index is 0.139. The first-order valence-corrected chi connectivity index (χ1v) is 10.0. The van der Waals surface area contributed by atoms with Crippen LogP contribution in [0.15, 0.2) is 12.2 Å². The van der Waals surface area contributed by atoms with E-state index in [1.54, 1.807) is 6.08 Å². The van der Waals surface area contributed by atoms with E-state index in [2.05, 4.69) is 11.7 Å². The van der Waals surface area contributed by atoms with E-state index in [1.165, 1.54) is 7.11 Å². The van der Waals surface area contributed by atoms with Gasteiger partial charge in [0, 0.05) is 12.8 Å². The van der Waals surface area contributed by atoms with Gasteiger partial charge in [-0.1, -0.05) is 45.1 Å². The maximum Gasteiger partial charge on any atom is 0.305 e. The Morgan fingerprint density at radius 3 is 2.48 bits per heavy atom. The van der Waals surface area contributed by atoms with Gasteiger partial charge in [-0.3, -0.25) is 9.59 Å². The number of carbonyl (C=O) groups is 2. The number of hydrogen-bond donors (Lipinski definition) is 1. The van der Waals surface area contributed by atoms with E-state index in [4.69, 9.17) is 0 Å². The van der Waals surface area contributed by atoms with Gasteiger partial charge in [0.05, 0.1) is 13.2 Å². The third kappa shape index (κ3) is 9.20. The van der Waals surface area contributed by atoms with E-state index in [9.17, 15) is 14.7 Å². The normalized spacial score (nSPS) is 23.2. The summed E-state index contributed by atoms with van der Waals surface area (Å²) < 4.78 is 4.64. The molecule has 1 unspecified atom stereocenters. The maximum atomic E-state index is 11.9. The molecule has 25 heavy (non-hydrogen) atoms. The smallest absolute Gasteiger partial charge is 0.305 e. The van der Waals surface area contributed by atoms with Crippen LogP contribution >= 0.6 is 0 Å². The first-order valence-electron chi connectivity index (χ1n) is 10.0. The summed E-state index contributed by atoms with van der Waals surface area (Å²) in [7, 11) is 1.42. The minimum atomic E-state index is -0.236. The Balaban J connectivity index is 2.26. The molecular formula is C21H36O4. The number of methoxy groups -OCH3 is 1. The zero-order chi connectivity index (χ0) is 18.5. The molecule has 144 valence electrons. The number of ketones is 1. The lowest BCUT2D eigenvalue weighted by Gasteiger charge is -2.19. The molecule has 0 heterocycles. The van der Waals surface area contributed by atoms with Gasteiger partial charge in [-0.15, -0.1) is 0 Å². The van der Waals surface area contributed by atoms with Crippen molar-refractivity contribution in [3.63, 3.8) is 0 Å². The molecule has 1 fully saturated rings. The summed E-state index contributed by atoms with van der Waals surface area (Å²) in [6, 6.07) is 0. The van der Waals surface area contributed by atoms with Gasteiger partial charge >= 0.3 is 5.97 Å². The van der Waals surface area contributed by atoms with Crippen molar-refractivity contribution >= 4 is 11.8 Å². The quantitative estimate of drug-likeness (QED) is 0.299. The van der Waals surface area contributed by atoms with Gasteiger partial charge in [0.25, 0.3) is 0 Å². The predicted molar refractivity (Wildman–Crippen MR) is 100 cm³/mol. The van der Waals surface area contributed by atoms with Crippen LogP contribution in [-0.2, 0) is 14.3 Å². The monoisotopic (exact) mass is 352 g/mol. The Kier molecular flexibility index (Phi) is 11.5. The average Bonchev–Trinajstić information content (AvgIpc) is 2.96. The van der Waals surface area contributed by atoms with E-state index >= 15 is 0 Å². The van der Waals surface area contributed by atoms with Crippen molar-refractivity contribution < 1.29 is 19.4 Å². The van der Waals surface area contributed by atoms with Crippen molar-refractivity contribution in [3.05, 3.63) is 12.2 Å². The van der Waals surface area contributed by atoms with Gasteiger partial charge < -0.3 is 9.84 Å². The zero-order valence-electron chi connectivity index (χ0n) is 16.0. The molecule has 0 amide bonds. The summed E-state index contributed by atoms with van der Waals surface area (Å²) >= 11 is 0. The summed E-state index contributed by atoms with van der Waals surface area (Å²) in [5, 5.41) is 10.2. The summed E-state index contributed by atoms with van der Waals surface area (Å²) in [5.41, 5.74) is 0. The predicted octanol–water partition coefficient (Wildman–Crippen LogP) is 4.59. The molecule has 1 aliphatic rings. The van der Waals surface area contributed by atoms with Crippen molar-refractivity contribution in [2.24, 2.45) is 11.8 Å². The summed E-state index contributed by atoms with van der Waals surface area (Å²) in [6.45, 7) is 2.14. The molecule has 0 aliphatic heterocycles. The van der Waals surface area contributed by atoms with Gasteiger partial charge in [-0.05, 0) is 50.0 Å². The third-order valence-electron chi connectivity index (χ3n) is 5.29. The highest BCUT2D eigenvalue weighted by Crippen LogP contribution is 2.36. The van der Waals surface area contributed by atoms with Crippen molar-refractivity contribution in [2.45, 2.75) is 90.1 Å². The molecule has 0 aromatic rings. The Hall–Kier alpha value is -1.16. The van der Waals surface area contributed by atoms with E-state index in [-0.39, 0.29) is 23.8 Å². The lowest BCUT2D eigenvalue weighted by atomic mass is 9.88. The molecule has 0 radical (unpaired) electrons. The van der Waals surface area contributed by atoms with Gasteiger partial charge in [-0.2, -0.15) is 0 Å². The van der Waals surface area contributed by atoms with Gasteiger partial charge in [0.2, 0.25) is 0 Å². The first-order chi connectivity index (χ1) is 12.1. The van der Waals surface area contributed by atoms with Crippen molar-refractivity contribution in [3.8, 4) is 0 Å². The van der Waals surface area contributed by atoms with Crippen molar-refractivity contribution in [1.29, 1.82) is 0 Å². The molecule has 1 aliphatic carbocycles. The Labute approximate surface area is 153 Å². The van der Waals surface area contributed by atoms with Crippen molar-refractivity contribution in [1.82, 2.24) is 0 Å². The fraction of sp³-hybridized carbons (Fsp3) is 0.810. The maximum absolute atomic E-state index is 11.9. The lowest BCUT2D eigenvalue weighted by Crippen LogP contribution is -2.18. The van der Waals surface area contributed by atoms with Crippen molar-refractivity contribution in [2.75, 3.05) is 7.11 Å². The summed E-state index contributed by atoms with van der Waals surface area (Å²) in [5.74, 6) is 0.692. The number of ether oxygens (including phenoxy) is 1. The largest absolute Gasteiger partial charge is 0.469 e. The van der Waals surface area contributed by atoms with Crippen LogP contribution in [0.3, 0.4) is 0 Å². The van der Waals surface area contributed by atoms with Crippen LogP contribution in [0, 0.1) is 11.8 Å². The molecule has 1 rings (SSSR count). The fourth-order valence-corrected chi connectivity index (χ4v) is 3.69. The van der Waals surface area contributed by atoms with Gasteiger partial charge in [-0.25, -0.2) is 0 Å². The van der Waals surface area contributed by atoms with Crippen LogP contribution in [0.2, 0.25) is 0 Å². The number of hydrogen-bond acceptors (Lipinski definition) is 4. The lowest BCUT2D eigenvalue weighted by molar-refractivity contribution is -0.140. The molecular weight excluding hydrogens is 316 g/mol. The Morgan fingerprint density at radius 2 is 1.76 bits per heavy atom. The SMILES string of the molecule is CCCCCC(=O)C=C[C@H]1CCC(O)[C@@H]1CCCCCCC(=O)OC. The minimum Gasteiger partial charge on any atom is -0.469 e. The van der Waals surface area contributed by atoms with Gasteiger partial charge in [0.1, 0.15) is 0 Å². The van der Waals surface area contributed by atoms with E-state index in [1.807, 2.05) is 6.08 Å². The zero-order valence-corrected chi connectivity index (χ0v) is 16.0. The first kappa shape index (κ1) is 21.9. The van der Waals surface area contributed by atoms with E-state index < -0.39 is 0 Å². The molecule has 1 N–H and O–H groups in total. The van der Waals surface area contributed by atoms with E-state index in [0.717, 1.165) is 64.2 Å². The number of aliphatic hydroxyl groups is 1. The van der Waals surface area contributed by atoms with Crippen LogP contribution < -0.4 is 0 Å². The van der Waals surface area contributed by atoms with Gasteiger partial charge in [0.15, 0.2) is 5.78 Å². The van der Waals surface area contributed by atoms with Crippen LogP contribution in [-0.4, -0.2) is 30.1 Å². The average molecular weight is 353 g/mol. The molecule has 0 spiro atoms. The molecule has 0 saturated heterocycles. The van der Waals surface area contributed by atoms with Crippen LogP contribution in [0.4, 0.5) is 0 Å². The van der Waals surface area contributed by atoms with Crippen LogP contribution in [0.25, 0.3) is 0 Å². The van der Waals surface area contributed by atoms with Crippen LogP contribution in [0.5, 0.6) is 0 Å². The molecule has 4 nitrogen and oxygen atoms in total. The molecule has 0 aromatic carbocycles. The fourth-order valence-electron chi connectivity index (χ4n) is 3.69. The number of allylic oxidation sites excluding steroid dienone is 2. The third-order valence-corrected chi connectivity index (χ3v) is 5.29. The second kappa shape index (κ2) is 13.1. The Bertz CT molecular complexity index is 416. The number of aliphatic hydroxyl groups excluding tert-OH is 1. The molecule has 1 saturated carbocycles. The molecule has 0 bridgehead atoms. The number of carbonyl (C=O) groups excluding carboxylic acids is 2. The van der Waals surface area contributed by atoms with Crippen LogP contribution in [0.1, 0.15) is 84.0 Å². The topological polar surface area (TPSA) is 63.6 Å². The number of rotatable bonds is 13. The molecule has 4 heteroatoms. The second-order valence-electron chi connectivity index (χ2n) is 7.28. The molecule has 0 aromatic heterocycles. The molecule has 3 atom stereocenters. The second-order valence-corrected chi connectivity index (χ2v) is 7.28.